The Kier molecular flexibility index (Phi) is 5.99. The van der Waals surface area contributed by atoms with E-state index < -0.39 is 0 Å². The molecule has 0 aliphatic heterocycles. The Morgan fingerprint density at radius 1 is 1.00 bits per heavy atom. The number of carbonyl (C=O) groups excluding carboxylic acids is 1. The lowest BCUT2D eigenvalue weighted by Gasteiger charge is -2.19. The van der Waals surface area contributed by atoms with Gasteiger partial charge in [0.1, 0.15) is 23.0 Å². The van der Waals surface area contributed by atoms with Crippen LogP contribution < -0.4 is 9.47 Å². The van der Waals surface area contributed by atoms with E-state index in [-0.39, 0.29) is 5.91 Å². The maximum absolute atomic E-state index is 12.8. The van der Waals surface area contributed by atoms with Crippen LogP contribution in [0.2, 0.25) is 0 Å². The van der Waals surface area contributed by atoms with E-state index in [9.17, 15) is 4.79 Å². The highest BCUT2D eigenvalue weighted by Crippen LogP contribution is 2.25. The van der Waals surface area contributed by atoms with Gasteiger partial charge in [-0.2, -0.15) is 0 Å². The second-order valence-electron chi connectivity index (χ2n) is 5.79. The highest BCUT2D eigenvalue weighted by atomic mass is 16.5. The molecule has 2 aromatic heterocycles. The smallest absolute Gasteiger partial charge is 0.247 e. The van der Waals surface area contributed by atoms with Crippen LogP contribution in [0, 0.1) is 0 Å². The van der Waals surface area contributed by atoms with Gasteiger partial charge < -0.3 is 23.2 Å². The molecule has 0 atom stereocenters. The van der Waals surface area contributed by atoms with Crippen molar-refractivity contribution in [3.63, 3.8) is 0 Å². The summed E-state index contributed by atoms with van der Waals surface area (Å²) >= 11 is 0. The van der Waals surface area contributed by atoms with Gasteiger partial charge in [-0.15, -0.1) is 0 Å². The van der Waals surface area contributed by atoms with Gasteiger partial charge in [0.25, 0.3) is 0 Å². The average molecular weight is 367 g/mol. The van der Waals surface area contributed by atoms with Crippen LogP contribution in [-0.4, -0.2) is 25.0 Å². The molecular weight excluding hydrogens is 346 g/mol. The molecule has 0 saturated carbocycles. The molecule has 1 amide bonds. The van der Waals surface area contributed by atoms with Gasteiger partial charge in [0.15, 0.2) is 0 Å². The van der Waals surface area contributed by atoms with Gasteiger partial charge in [0.2, 0.25) is 5.91 Å². The molecule has 2 heterocycles. The highest BCUT2D eigenvalue weighted by Gasteiger charge is 2.15. The lowest BCUT2D eigenvalue weighted by atomic mass is 10.1. The Bertz CT molecular complexity index is 845. The first-order valence-corrected chi connectivity index (χ1v) is 8.43. The van der Waals surface area contributed by atoms with E-state index in [1.165, 1.54) is 6.08 Å². The van der Waals surface area contributed by atoms with E-state index in [0.29, 0.717) is 36.1 Å². The van der Waals surface area contributed by atoms with Gasteiger partial charge in [-0.1, -0.05) is 0 Å². The highest BCUT2D eigenvalue weighted by molar-refractivity contribution is 5.92. The van der Waals surface area contributed by atoms with Crippen molar-refractivity contribution in [2.75, 3.05) is 14.2 Å². The van der Waals surface area contributed by atoms with Gasteiger partial charge in [0, 0.05) is 17.7 Å². The van der Waals surface area contributed by atoms with Crippen LogP contribution in [0.5, 0.6) is 11.5 Å². The van der Waals surface area contributed by atoms with Crippen molar-refractivity contribution >= 4 is 12.0 Å². The summed E-state index contributed by atoms with van der Waals surface area (Å²) in [5.74, 6) is 2.55. The molecule has 1 aromatic carbocycles. The van der Waals surface area contributed by atoms with E-state index in [2.05, 4.69) is 0 Å². The van der Waals surface area contributed by atoms with Crippen LogP contribution in [0.4, 0.5) is 0 Å². The minimum absolute atomic E-state index is 0.166. The number of rotatable bonds is 8. The molecular formula is C21H21NO5. The first-order chi connectivity index (χ1) is 13.2. The van der Waals surface area contributed by atoms with E-state index >= 15 is 0 Å². The van der Waals surface area contributed by atoms with Crippen molar-refractivity contribution in [3.8, 4) is 11.5 Å². The Morgan fingerprint density at radius 2 is 1.67 bits per heavy atom. The van der Waals surface area contributed by atoms with Crippen molar-refractivity contribution in [2.24, 2.45) is 0 Å². The fourth-order valence-corrected chi connectivity index (χ4v) is 2.62. The predicted octanol–water partition coefficient (Wildman–Crippen LogP) is 4.13. The van der Waals surface area contributed by atoms with Crippen molar-refractivity contribution in [2.45, 2.75) is 13.1 Å². The van der Waals surface area contributed by atoms with Gasteiger partial charge in [0.05, 0.1) is 39.8 Å². The molecule has 3 rings (SSSR count). The van der Waals surface area contributed by atoms with Crippen molar-refractivity contribution in [1.82, 2.24) is 4.90 Å². The van der Waals surface area contributed by atoms with Crippen LogP contribution in [0.25, 0.3) is 6.08 Å². The van der Waals surface area contributed by atoms with Gasteiger partial charge in [-0.25, -0.2) is 0 Å². The van der Waals surface area contributed by atoms with Crippen molar-refractivity contribution < 1.29 is 23.1 Å². The number of ether oxygens (including phenoxy) is 2. The van der Waals surface area contributed by atoms with Gasteiger partial charge in [-0.05, 0) is 42.5 Å². The number of hydrogen-bond acceptors (Lipinski definition) is 5. The zero-order valence-electron chi connectivity index (χ0n) is 15.3. The summed E-state index contributed by atoms with van der Waals surface area (Å²) in [6.45, 7) is 0.688. The molecule has 0 aliphatic rings. The summed E-state index contributed by atoms with van der Waals surface area (Å²) in [4.78, 5) is 14.4. The molecule has 0 radical (unpaired) electrons. The van der Waals surface area contributed by atoms with Gasteiger partial charge >= 0.3 is 0 Å². The van der Waals surface area contributed by atoms with Crippen LogP contribution >= 0.6 is 0 Å². The molecule has 27 heavy (non-hydrogen) atoms. The summed E-state index contributed by atoms with van der Waals surface area (Å²) < 4.78 is 21.3. The summed E-state index contributed by atoms with van der Waals surface area (Å²) in [5, 5.41) is 0. The molecule has 140 valence electrons. The standard InChI is InChI=1S/C21H21NO5/c1-24-17-9-7-16(20(13-17)25-2)8-10-21(23)22(14-18-5-3-11-26-18)15-19-6-4-12-27-19/h3-13H,14-15H2,1-2H3/b10-8+. The molecule has 0 unspecified atom stereocenters. The number of nitrogens with zero attached hydrogens (tertiary/aromatic N) is 1. The second kappa shape index (κ2) is 8.80. The van der Waals surface area contributed by atoms with E-state index in [1.807, 2.05) is 24.3 Å². The molecule has 3 aromatic rings. The van der Waals surface area contributed by atoms with Crippen LogP contribution in [0.3, 0.4) is 0 Å². The monoisotopic (exact) mass is 367 g/mol. The largest absolute Gasteiger partial charge is 0.497 e. The quantitative estimate of drug-likeness (QED) is 0.560. The molecule has 0 fully saturated rings. The Balaban J connectivity index is 1.78. The molecule has 0 saturated heterocycles. The van der Waals surface area contributed by atoms with E-state index in [4.69, 9.17) is 18.3 Å². The number of furan rings is 2. The topological polar surface area (TPSA) is 65.0 Å². The molecule has 0 aliphatic carbocycles. The first kappa shape index (κ1) is 18.4. The fraction of sp³-hybridized carbons (Fsp3) is 0.190. The zero-order chi connectivity index (χ0) is 19.1. The maximum atomic E-state index is 12.8. The summed E-state index contributed by atoms with van der Waals surface area (Å²) in [7, 11) is 3.17. The number of methoxy groups -OCH3 is 2. The average Bonchev–Trinajstić information content (AvgIpc) is 3.39. The second-order valence-corrected chi connectivity index (χ2v) is 5.79. The summed E-state index contributed by atoms with van der Waals surface area (Å²) in [5.41, 5.74) is 0.780. The maximum Gasteiger partial charge on any atom is 0.247 e. The molecule has 6 heteroatoms. The molecule has 0 N–H and O–H groups in total. The number of hydrogen-bond donors (Lipinski definition) is 0. The lowest BCUT2D eigenvalue weighted by molar-refractivity contribution is -0.127. The zero-order valence-corrected chi connectivity index (χ0v) is 15.3. The van der Waals surface area contributed by atoms with Crippen molar-refractivity contribution in [1.29, 1.82) is 0 Å². The number of benzene rings is 1. The Morgan fingerprint density at radius 3 is 2.19 bits per heavy atom. The third-order valence-corrected chi connectivity index (χ3v) is 4.01. The summed E-state index contributed by atoms with van der Waals surface area (Å²) in [6.07, 6.45) is 6.40. The van der Waals surface area contributed by atoms with Crippen LogP contribution in [0.15, 0.2) is 69.9 Å². The van der Waals surface area contributed by atoms with Crippen LogP contribution in [-0.2, 0) is 17.9 Å². The molecule has 0 bridgehead atoms. The number of carbonyl (C=O) groups is 1. The number of amides is 1. The lowest BCUT2D eigenvalue weighted by Crippen LogP contribution is -2.28. The Hall–Kier alpha value is -3.41. The first-order valence-electron chi connectivity index (χ1n) is 8.43. The predicted molar refractivity (Wildman–Crippen MR) is 100 cm³/mol. The minimum Gasteiger partial charge on any atom is -0.497 e. The SMILES string of the molecule is COc1ccc(/C=C/C(=O)N(Cc2ccco2)Cc2ccco2)c(OC)c1. The van der Waals surface area contributed by atoms with E-state index in [0.717, 1.165) is 5.56 Å². The Labute approximate surface area is 157 Å². The van der Waals surface area contributed by atoms with Crippen LogP contribution in [0.1, 0.15) is 17.1 Å². The molecule has 0 spiro atoms. The van der Waals surface area contributed by atoms with E-state index in [1.54, 1.807) is 55.9 Å². The normalized spacial score (nSPS) is 10.9. The summed E-state index contributed by atoms with van der Waals surface area (Å²) in [6, 6.07) is 12.7. The minimum atomic E-state index is -0.166. The fourth-order valence-electron chi connectivity index (χ4n) is 2.62. The molecule has 6 nitrogen and oxygen atoms in total. The van der Waals surface area contributed by atoms with Crippen molar-refractivity contribution in [3.05, 3.63) is 78.2 Å². The third kappa shape index (κ3) is 4.82. The van der Waals surface area contributed by atoms with Gasteiger partial charge in [-0.3, -0.25) is 4.79 Å². The third-order valence-electron chi connectivity index (χ3n) is 4.01.